The van der Waals surface area contributed by atoms with E-state index in [1.54, 1.807) is 19.9 Å². The maximum atomic E-state index is 13.6. The second-order valence-electron chi connectivity index (χ2n) is 19.9. The molecule has 15 unspecified atom stereocenters. The van der Waals surface area contributed by atoms with Crippen LogP contribution in [0.15, 0.2) is 48.1 Å². The summed E-state index contributed by atoms with van der Waals surface area (Å²) in [4.78, 5) is 26.1. The minimum Gasteiger partial charge on any atom is -0.460 e. The summed E-state index contributed by atoms with van der Waals surface area (Å²) in [5, 5.41) is 78.7. The minimum absolute atomic E-state index is 0.00594. The SMILES string of the molecule is CC(C)(O)CCC(=O)C(C)(O)C1C(O)CC2(C)C3CC=C4C(CC(OC5OC(COC(=O)C=Cc6ccccc6)C(O)C(O)C5O)C(O)C4(C)C)C3(C)CCC12C. The maximum Gasteiger partial charge on any atom is 0.330 e. The predicted molar refractivity (Wildman–Crippen MR) is 211 cm³/mol. The van der Waals surface area contributed by atoms with Gasteiger partial charge in [-0.15, -0.1) is 0 Å². The lowest BCUT2D eigenvalue weighted by Gasteiger charge is -2.66. The van der Waals surface area contributed by atoms with Crippen molar-refractivity contribution in [3.8, 4) is 0 Å². The van der Waals surface area contributed by atoms with Crippen LogP contribution in [0.25, 0.3) is 6.08 Å². The highest BCUT2D eigenvalue weighted by Gasteiger charge is 2.72. The van der Waals surface area contributed by atoms with Gasteiger partial charge in [-0.3, -0.25) is 4.79 Å². The van der Waals surface area contributed by atoms with Crippen LogP contribution in [0.2, 0.25) is 0 Å². The quantitative estimate of drug-likeness (QED) is 0.0970. The number of ketones is 1. The molecule has 57 heavy (non-hydrogen) atoms. The average Bonchev–Trinajstić information content (AvgIpc) is 3.36. The predicted octanol–water partition coefficient (Wildman–Crippen LogP) is 3.85. The molecule has 7 N–H and O–H groups in total. The fraction of sp³-hybridized carbons (Fsp3) is 0.733. The Balaban J connectivity index is 1.21. The average molecular weight is 799 g/mol. The van der Waals surface area contributed by atoms with Crippen molar-refractivity contribution >= 4 is 17.8 Å². The molecule has 0 aromatic heterocycles. The van der Waals surface area contributed by atoms with E-state index < -0.39 is 95.0 Å². The van der Waals surface area contributed by atoms with E-state index in [0.717, 1.165) is 17.6 Å². The maximum absolute atomic E-state index is 13.6. The Bertz CT molecular complexity index is 1700. The van der Waals surface area contributed by atoms with Gasteiger partial charge in [0, 0.05) is 23.8 Å². The molecule has 318 valence electrons. The second kappa shape index (κ2) is 15.5. The molecule has 0 bridgehead atoms. The zero-order chi connectivity index (χ0) is 42.1. The van der Waals surface area contributed by atoms with Gasteiger partial charge in [-0.25, -0.2) is 4.79 Å². The van der Waals surface area contributed by atoms with E-state index >= 15 is 0 Å². The molecule has 1 aromatic carbocycles. The first-order valence-electron chi connectivity index (χ1n) is 20.7. The number of rotatable bonds is 11. The molecular weight excluding hydrogens is 732 g/mol. The van der Waals surface area contributed by atoms with Gasteiger partial charge in [0.25, 0.3) is 0 Å². The number of benzene rings is 1. The van der Waals surface area contributed by atoms with Crippen molar-refractivity contribution in [2.75, 3.05) is 6.61 Å². The third kappa shape index (κ3) is 7.72. The number of fused-ring (bicyclic) bond motifs is 5. The Morgan fingerprint density at radius 1 is 0.912 bits per heavy atom. The molecular formula is C45H66O12. The standard InChI is InChI=1S/C45H66O12/c1-40(2,53)19-18-32(47)45(8,54)37-28(46)23-44(7)31-16-15-26-27(42(31,5)20-21-43(37,44)6)22-29(38(52)41(26,3)4)56-39-36(51)35(50)34(49)30(57-39)24-55-33(48)17-14-25-12-10-9-11-13-25/h9-15,17,27-31,34-39,46,49-54H,16,18-24H2,1-8H3. The lowest BCUT2D eigenvalue weighted by atomic mass is 9.38. The van der Waals surface area contributed by atoms with Crippen LogP contribution in [-0.2, 0) is 23.8 Å². The topological polar surface area (TPSA) is 203 Å². The lowest BCUT2D eigenvalue weighted by molar-refractivity contribution is -0.324. The summed E-state index contributed by atoms with van der Waals surface area (Å²) < 4.78 is 17.7. The summed E-state index contributed by atoms with van der Waals surface area (Å²) in [5.74, 6) is -1.83. The Kier molecular flexibility index (Phi) is 12.0. The molecule has 0 spiro atoms. The van der Waals surface area contributed by atoms with Crippen molar-refractivity contribution in [2.24, 2.45) is 39.4 Å². The number of carbonyl (C=O) groups is 2. The Morgan fingerprint density at radius 2 is 1.58 bits per heavy atom. The normalized spacial score (nSPS) is 42.6. The zero-order valence-corrected chi connectivity index (χ0v) is 34.8. The van der Waals surface area contributed by atoms with Crippen LogP contribution in [0, 0.1) is 39.4 Å². The zero-order valence-electron chi connectivity index (χ0n) is 34.8. The monoisotopic (exact) mass is 798 g/mol. The number of Topliss-reactive ketones (excluding diaryl/α,β-unsaturated/α-hetero) is 1. The van der Waals surface area contributed by atoms with Crippen LogP contribution in [0.3, 0.4) is 0 Å². The number of carbonyl (C=O) groups excluding carboxylic acids is 2. The molecule has 4 aliphatic carbocycles. The number of aliphatic hydroxyl groups excluding tert-OH is 5. The van der Waals surface area contributed by atoms with Gasteiger partial charge in [0.15, 0.2) is 12.1 Å². The van der Waals surface area contributed by atoms with Crippen LogP contribution < -0.4 is 0 Å². The molecule has 1 aromatic rings. The van der Waals surface area contributed by atoms with Crippen LogP contribution in [0.4, 0.5) is 0 Å². The van der Waals surface area contributed by atoms with Gasteiger partial charge < -0.3 is 50.0 Å². The third-order valence-corrected chi connectivity index (χ3v) is 15.5. The Hall–Kier alpha value is -2.52. The number of esters is 1. The highest BCUT2D eigenvalue weighted by atomic mass is 16.7. The summed E-state index contributed by atoms with van der Waals surface area (Å²) >= 11 is 0. The molecule has 4 fully saturated rings. The largest absolute Gasteiger partial charge is 0.460 e. The highest BCUT2D eigenvalue weighted by Crippen LogP contribution is 2.75. The van der Waals surface area contributed by atoms with Gasteiger partial charge in [-0.1, -0.05) is 76.6 Å². The van der Waals surface area contributed by atoms with E-state index in [9.17, 15) is 45.3 Å². The summed E-state index contributed by atoms with van der Waals surface area (Å²) in [7, 11) is 0. The first-order chi connectivity index (χ1) is 26.4. The summed E-state index contributed by atoms with van der Waals surface area (Å²) in [5.41, 5.74) is -3.14. The third-order valence-electron chi connectivity index (χ3n) is 15.5. The van der Waals surface area contributed by atoms with Crippen LogP contribution in [0.5, 0.6) is 0 Å². The van der Waals surface area contributed by atoms with Crippen LogP contribution >= 0.6 is 0 Å². The number of aliphatic hydroxyl groups is 7. The molecule has 0 radical (unpaired) electrons. The van der Waals surface area contributed by atoms with Crippen LogP contribution in [0.1, 0.15) is 106 Å². The van der Waals surface area contributed by atoms with Gasteiger partial charge in [0.05, 0.1) is 23.9 Å². The molecule has 0 amide bonds. The van der Waals surface area contributed by atoms with Gasteiger partial charge >= 0.3 is 5.97 Å². The van der Waals surface area contributed by atoms with E-state index in [2.05, 4.69) is 26.8 Å². The Morgan fingerprint density at radius 3 is 2.23 bits per heavy atom. The van der Waals surface area contributed by atoms with Gasteiger partial charge in [-0.2, -0.15) is 0 Å². The van der Waals surface area contributed by atoms with Crippen molar-refractivity contribution in [2.45, 2.75) is 161 Å². The van der Waals surface area contributed by atoms with Crippen molar-refractivity contribution in [1.82, 2.24) is 0 Å². The first kappa shape index (κ1) is 44.0. The number of hydrogen-bond donors (Lipinski definition) is 7. The summed E-state index contributed by atoms with van der Waals surface area (Å²) in [6.07, 6.45) is -2.30. The van der Waals surface area contributed by atoms with Crippen molar-refractivity contribution < 1.29 is 59.5 Å². The number of hydrogen-bond acceptors (Lipinski definition) is 12. The van der Waals surface area contributed by atoms with E-state index in [0.29, 0.717) is 25.7 Å². The molecule has 3 saturated carbocycles. The number of allylic oxidation sites excluding steroid dienone is 1. The summed E-state index contributed by atoms with van der Waals surface area (Å²) in [6.45, 7) is 14.9. The van der Waals surface area contributed by atoms with Crippen LogP contribution in [-0.4, -0.2) is 114 Å². The second-order valence-corrected chi connectivity index (χ2v) is 19.9. The molecule has 1 aliphatic heterocycles. The molecule has 12 heteroatoms. The van der Waals surface area contributed by atoms with E-state index in [4.69, 9.17) is 14.2 Å². The van der Waals surface area contributed by atoms with Gasteiger partial charge in [0.1, 0.15) is 36.6 Å². The molecule has 12 nitrogen and oxygen atoms in total. The fourth-order valence-corrected chi connectivity index (χ4v) is 12.0. The molecule has 1 saturated heterocycles. The van der Waals surface area contributed by atoms with E-state index in [1.807, 2.05) is 44.2 Å². The first-order valence-corrected chi connectivity index (χ1v) is 20.7. The molecule has 1 heterocycles. The highest BCUT2D eigenvalue weighted by molar-refractivity contribution is 5.87. The summed E-state index contributed by atoms with van der Waals surface area (Å²) in [6, 6.07) is 9.17. The molecule has 15 atom stereocenters. The van der Waals surface area contributed by atoms with Crippen molar-refractivity contribution in [1.29, 1.82) is 0 Å². The molecule has 5 aliphatic rings. The van der Waals surface area contributed by atoms with E-state index in [1.165, 1.54) is 13.0 Å². The van der Waals surface area contributed by atoms with Crippen molar-refractivity contribution in [3.63, 3.8) is 0 Å². The van der Waals surface area contributed by atoms with E-state index in [-0.39, 0.29) is 35.9 Å². The fourth-order valence-electron chi connectivity index (χ4n) is 12.0. The smallest absolute Gasteiger partial charge is 0.330 e. The van der Waals surface area contributed by atoms with Crippen molar-refractivity contribution in [3.05, 3.63) is 53.6 Å². The molecule has 6 rings (SSSR count). The van der Waals surface area contributed by atoms with Gasteiger partial charge in [-0.05, 0) is 99.0 Å². The minimum atomic E-state index is -1.80. The lowest BCUT2D eigenvalue weighted by Crippen LogP contribution is -2.64. The Labute approximate surface area is 336 Å². The number of ether oxygens (including phenoxy) is 3. The van der Waals surface area contributed by atoms with Gasteiger partial charge in [0.2, 0.25) is 0 Å².